The summed E-state index contributed by atoms with van der Waals surface area (Å²) in [7, 11) is 0. The number of para-hydroxylation sites is 1. The number of alkyl halides is 1. The van der Waals surface area contributed by atoms with Crippen molar-refractivity contribution in [2.24, 2.45) is 5.41 Å². The van der Waals surface area contributed by atoms with Gasteiger partial charge >= 0.3 is 0 Å². The summed E-state index contributed by atoms with van der Waals surface area (Å²) >= 11 is 6.00. The highest BCUT2D eigenvalue weighted by Crippen LogP contribution is 2.27. The summed E-state index contributed by atoms with van der Waals surface area (Å²) in [5.41, 5.74) is 0.611. The zero-order valence-corrected chi connectivity index (χ0v) is 12.3. The molecule has 0 saturated carbocycles. The van der Waals surface area contributed by atoms with Gasteiger partial charge in [0.25, 0.3) is 0 Å². The van der Waals surface area contributed by atoms with E-state index in [0.717, 1.165) is 12.8 Å². The first kappa shape index (κ1) is 15.8. The summed E-state index contributed by atoms with van der Waals surface area (Å²) in [6.45, 7) is 4.75. The van der Waals surface area contributed by atoms with Crippen molar-refractivity contribution in [1.82, 2.24) is 5.32 Å². The van der Waals surface area contributed by atoms with E-state index >= 15 is 0 Å². The molecule has 0 aliphatic rings. The lowest BCUT2D eigenvalue weighted by molar-refractivity contribution is -0.120. The van der Waals surface area contributed by atoms with Crippen LogP contribution in [0, 0.1) is 5.41 Å². The van der Waals surface area contributed by atoms with Crippen molar-refractivity contribution in [3.63, 3.8) is 0 Å². The molecular formula is C15H22ClNO2. The van der Waals surface area contributed by atoms with Gasteiger partial charge in [-0.15, -0.1) is 11.6 Å². The molecule has 4 heteroatoms. The number of benzene rings is 1. The van der Waals surface area contributed by atoms with Gasteiger partial charge in [0.2, 0.25) is 5.91 Å². The molecule has 0 aromatic heterocycles. The molecule has 0 bridgehead atoms. The van der Waals surface area contributed by atoms with E-state index in [-0.39, 0.29) is 23.5 Å². The third-order valence-electron chi connectivity index (χ3n) is 3.79. The summed E-state index contributed by atoms with van der Waals surface area (Å²) in [5.74, 6) is 0.613. The molecule has 0 fully saturated rings. The third kappa shape index (κ3) is 4.43. The first-order valence-electron chi connectivity index (χ1n) is 6.66. The average Bonchev–Trinajstić information content (AvgIpc) is 2.44. The monoisotopic (exact) mass is 283 g/mol. The Morgan fingerprint density at radius 1 is 1.32 bits per heavy atom. The van der Waals surface area contributed by atoms with E-state index in [1.54, 1.807) is 18.2 Å². The molecule has 106 valence electrons. The summed E-state index contributed by atoms with van der Waals surface area (Å²) in [4.78, 5) is 11.9. The lowest BCUT2D eigenvalue weighted by Crippen LogP contribution is -2.38. The molecular weight excluding hydrogens is 262 g/mol. The Bertz CT molecular complexity index is 408. The predicted molar refractivity (Wildman–Crippen MR) is 78.6 cm³/mol. The lowest BCUT2D eigenvalue weighted by Gasteiger charge is -2.29. The molecule has 0 spiro atoms. The molecule has 1 aromatic rings. The first-order chi connectivity index (χ1) is 9.06. The number of carbonyl (C=O) groups is 1. The number of aromatic hydroxyl groups is 1. The summed E-state index contributed by atoms with van der Waals surface area (Å²) in [5, 5.41) is 12.5. The number of carbonyl (C=O) groups excluding carboxylic acids is 1. The normalized spacial score (nSPS) is 11.3. The number of phenols is 1. The Kier molecular flexibility index (Phi) is 6.16. The minimum atomic E-state index is -0.0853. The highest BCUT2D eigenvalue weighted by atomic mass is 35.5. The zero-order chi connectivity index (χ0) is 14.3. The van der Waals surface area contributed by atoms with Crippen LogP contribution < -0.4 is 5.32 Å². The minimum absolute atomic E-state index is 0.0318. The van der Waals surface area contributed by atoms with Gasteiger partial charge in [-0.3, -0.25) is 4.79 Å². The number of hydrogen-bond donors (Lipinski definition) is 2. The van der Waals surface area contributed by atoms with E-state index in [2.05, 4.69) is 19.2 Å². The molecule has 0 aliphatic carbocycles. The van der Waals surface area contributed by atoms with Gasteiger partial charge in [0.05, 0.1) is 6.42 Å². The van der Waals surface area contributed by atoms with Gasteiger partial charge in [-0.25, -0.2) is 0 Å². The van der Waals surface area contributed by atoms with Crippen molar-refractivity contribution >= 4 is 17.5 Å². The van der Waals surface area contributed by atoms with E-state index < -0.39 is 0 Å². The van der Waals surface area contributed by atoms with Crippen LogP contribution in [0.3, 0.4) is 0 Å². The van der Waals surface area contributed by atoms with E-state index in [9.17, 15) is 9.90 Å². The number of phenolic OH excluding ortho intramolecular Hbond substituents is 1. The summed E-state index contributed by atoms with van der Waals surface area (Å²) < 4.78 is 0. The molecule has 0 radical (unpaired) electrons. The molecule has 0 heterocycles. The quantitative estimate of drug-likeness (QED) is 0.756. The number of halogens is 1. The second kappa shape index (κ2) is 7.39. The number of amides is 1. The van der Waals surface area contributed by atoms with Crippen LogP contribution >= 0.6 is 11.6 Å². The number of hydrogen-bond acceptors (Lipinski definition) is 2. The van der Waals surface area contributed by atoms with Crippen LogP contribution in [0.1, 0.15) is 32.3 Å². The minimum Gasteiger partial charge on any atom is -0.508 e. The van der Waals surface area contributed by atoms with Crippen LogP contribution in [0.25, 0.3) is 0 Å². The second-order valence-corrected chi connectivity index (χ2v) is 5.19. The van der Waals surface area contributed by atoms with Crippen molar-refractivity contribution in [2.75, 3.05) is 12.4 Å². The maximum Gasteiger partial charge on any atom is 0.224 e. The van der Waals surface area contributed by atoms with E-state index in [1.807, 2.05) is 6.07 Å². The molecule has 3 nitrogen and oxygen atoms in total. The fourth-order valence-corrected chi connectivity index (χ4v) is 2.39. The maximum atomic E-state index is 11.9. The van der Waals surface area contributed by atoms with Gasteiger partial charge in [0.15, 0.2) is 0 Å². The van der Waals surface area contributed by atoms with Crippen LogP contribution in [0.2, 0.25) is 0 Å². The fraction of sp³-hybridized carbons (Fsp3) is 0.533. The fourth-order valence-electron chi connectivity index (χ4n) is 1.92. The Morgan fingerprint density at radius 2 is 1.95 bits per heavy atom. The van der Waals surface area contributed by atoms with Crippen molar-refractivity contribution in [3.8, 4) is 5.75 Å². The first-order valence-corrected chi connectivity index (χ1v) is 7.20. The van der Waals surface area contributed by atoms with Crippen LogP contribution in [-0.2, 0) is 11.2 Å². The standard InChI is InChI=1S/C15H22ClNO2/c1-3-15(4-2,10-16)11-17-14(19)9-12-7-5-6-8-13(12)18/h5-8,18H,3-4,9-11H2,1-2H3,(H,17,19). The van der Waals surface area contributed by atoms with Crippen LogP contribution in [0.15, 0.2) is 24.3 Å². The van der Waals surface area contributed by atoms with E-state index in [1.165, 1.54) is 0 Å². The summed E-state index contributed by atoms with van der Waals surface area (Å²) in [6.07, 6.45) is 2.06. The molecule has 0 saturated heterocycles. The van der Waals surface area contributed by atoms with Crippen molar-refractivity contribution in [2.45, 2.75) is 33.1 Å². The zero-order valence-electron chi connectivity index (χ0n) is 11.6. The third-order valence-corrected chi connectivity index (χ3v) is 4.35. The molecule has 1 aromatic carbocycles. The van der Waals surface area contributed by atoms with E-state index in [0.29, 0.717) is 18.0 Å². The molecule has 1 amide bonds. The van der Waals surface area contributed by atoms with Gasteiger partial charge in [0, 0.05) is 23.4 Å². The largest absolute Gasteiger partial charge is 0.508 e. The smallest absolute Gasteiger partial charge is 0.224 e. The van der Waals surface area contributed by atoms with E-state index in [4.69, 9.17) is 11.6 Å². The molecule has 1 rings (SSSR count). The van der Waals surface area contributed by atoms with Crippen LogP contribution in [0.4, 0.5) is 0 Å². The van der Waals surface area contributed by atoms with Crippen molar-refractivity contribution < 1.29 is 9.90 Å². The Labute approximate surface area is 120 Å². The number of rotatable bonds is 7. The Morgan fingerprint density at radius 3 is 2.47 bits per heavy atom. The Hall–Kier alpha value is -1.22. The van der Waals surface area contributed by atoms with Crippen molar-refractivity contribution in [1.29, 1.82) is 0 Å². The van der Waals surface area contributed by atoms with Crippen LogP contribution in [0.5, 0.6) is 5.75 Å². The molecule has 0 aliphatic heterocycles. The summed E-state index contributed by atoms with van der Waals surface area (Å²) in [6, 6.07) is 6.89. The average molecular weight is 284 g/mol. The van der Waals surface area contributed by atoms with Gasteiger partial charge < -0.3 is 10.4 Å². The number of nitrogens with one attached hydrogen (secondary N) is 1. The predicted octanol–water partition coefficient (Wildman–Crippen LogP) is 3.10. The molecule has 19 heavy (non-hydrogen) atoms. The maximum absolute atomic E-state index is 11.9. The van der Waals surface area contributed by atoms with Crippen LogP contribution in [-0.4, -0.2) is 23.4 Å². The second-order valence-electron chi connectivity index (χ2n) is 4.92. The molecule has 0 unspecified atom stereocenters. The highest BCUT2D eigenvalue weighted by Gasteiger charge is 2.25. The van der Waals surface area contributed by atoms with Gasteiger partial charge in [-0.2, -0.15) is 0 Å². The topological polar surface area (TPSA) is 49.3 Å². The Balaban J connectivity index is 2.55. The van der Waals surface area contributed by atoms with Gasteiger partial charge in [-0.1, -0.05) is 32.0 Å². The molecule has 0 atom stereocenters. The molecule has 2 N–H and O–H groups in total. The van der Waals surface area contributed by atoms with Gasteiger partial charge in [-0.05, 0) is 18.9 Å². The SMILES string of the molecule is CCC(CC)(CCl)CNC(=O)Cc1ccccc1O. The highest BCUT2D eigenvalue weighted by molar-refractivity contribution is 6.18. The van der Waals surface area contributed by atoms with Crippen molar-refractivity contribution in [3.05, 3.63) is 29.8 Å². The van der Waals surface area contributed by atoms with Gasteiger partial charge in [0.1, 0.15) is 5.75 Å². The lowest BCUT2D eigenvalue weighted by atomic mass is 9.84.